The number of esters is 1. The third-order valence-corrected chi connectivity index (χ3v) is 5.60. The number of rotatable bonds is 10. The largest absolute Gasteiger partial charge is 0.495 e. The summed E-state index contributed by atoms with van der Waals surface area (Å²) in [6, 6.07) is 11.8. The standard InChI is InChI=1S/C24H24N2O8S/c1-4-33-22(28)13-26-23(29)20(35-24(26)30)12-15-9-10-18(19(11-15)32-3)34-14-21(27)25-16-7-5-6-8-17(16)31-2/h5-12H,4,13-14H2,1-3H3,(H,25,27)/b20-12-. The summed E-state index contributed by atoms with van der Waals surface area (Å²) in [5, 5.41) is 2.16. The van der Waals surface area contributed by atoms with Gasteiger partial charge in [-0.1, -0.05) is 18.2 Å². The highest BCUT2D eigenvalue weighted by atomic mass is 32.2. The summed E-state index contributed by atoms with van der Waals surface area (Å²) in [6.07, 6.45) is 1.51. The molecule has 2 aromatic carbocycles. The predicted molar refractivity (Wildman–Crippen MR) is 129 cm³/mol. The second-order valence-corrected chi connectivity index (χ2v) is 8.01. The molecule has 1 aliphatic rings. The maximum Gasteiger partial charge on any atom is 0.326 e. The van der Waals surface area contributed by atoms with Crippen LogP contribution in [0.5, 0.6) is 17.2 Å². The van der Waals surface area contributed by atoms with Crippen LogP contribution in [0.4, 0.5) is 10.5 Å². The van der Waals surface area contributed by atoms with Crippen molar-refractivity contribution in [3.05, 3.63) is 52.9 Å². The SMILES string of the molecule is CCOC(=O)CN1C(=O)S/C(=C\c2ccc(OCC(=O)Nc3ccccc3OC)c(OC)c2)C1=O. The number of amides is 3. The van der Waals surface area contributed by atoms with Gasteiger partial charge in [-0.25, -0.2) is 0 Å². The molecule has 1 fully saturated rings. The predicted octanol–water partition coefficient (Wildman–Crippen LogP) is 3.32. The summed E-state index contributed by atoms with van der Waals surface area (Å²) in [4.78, 5) is 49.7. The average Bonchev–Trinajstić information content (AvgIpc) is 3.10. The fourth-order valence-electron chi connectivity index (χ4n) is 3.09. The molecule has 10 nitrogen and oxygen atoms in total. The van der Waals surface area contributed by atoms with Crippen molar-refractivity contribution in [2.24, 2.45) is 0 Å². The zero-order chi connectivity index (χ0) is 25.4. The van der Waals surface area contributed by atoms with Gasteiger partial charge in [-0.05, 0) is 54.6 Å². The molecule has 0 spiro atoms. The van der Waals surface area contributed by atoms with Crippen molar-refractivity contribution in [1.29, 1.82) is 0 Å². The lowest BCUT2D eigenvalue weighted by Crippen LogP contribution is -2.34. The molecule has 3 rings (SSSR count). The van der Waals surface area contributed by atoms with Crippen molar-refractivity contribution in [1.82, 2.24) is 4.90 Å². The maximum atomic E-state index is 12.6. The van der Waals surface area contributed by atoms with Crippen molar-refractivity contribution in [2.75, 3.05) is 39.3 Å². The van der Waals surface area contributed by atoms with E-state index in [2.05, 4.69) is 5.32 Å². The third kappa shape index (κ3) is 6.54. The molecule has 1 N–H and O–H groups in total. The molecule has 35 heavy (non-hydrogen) atoms. The number of para-hydroxylation sites is 2. The van der Waals surface area contributed by atoms with E-state index in [1.807, 2.05) is 0 Å². The number of benzene rings is 2. The van der Waals surface area contributed by atoms with E-state index in [4.69, 9.17) is 18.9 Å². The highest BCUT2D eigenvalue weighted by Crippen LogP contribution is 2.34. The molecule has 0 aromatic heterocycles. The molecule has 2 aromatic rings. The molecular formula is C24H24N2O8S. The lowest BCUT2D eigenvalue weighted by Gasteiger charge is -2.13. The quantitative estimate of drug-likeness (QED) is 0.387. The van der Waals surface area contributed by atoms with E-state index in [1.54, 1.807) is 49.4 Å². The van der Waals surface area contributed by atoms with E-state index in [0.29, 0.717) is 28.5 Å². The molecule has 184 valence electrons. The van der Waals surface area contributed by atoms with Gasteiger partial charge in [0.05, 0.1) is 31.4 Å². The Morgan fingerprint density at radius 2 is 1.77 bits per heavy atom. The molecular weight excluding hydrogens is 476 g/mol. The Labute approximate surface area is 206 Å². The van der Waals surface area contributed by atoms with E-state index in [-0.39, 0.29) is 18.1 Å². The van der Waals surface area contributed by atoms with Crippen molar-refractivity contribution in [3.63, 3.8) is 0 Å². The molecule has 1 heterocycles. The Balaban J connectivity index is 1.66. The zero-order valence-electron chi connectivity index (χ0n) is 19.4. The molecule has 0 unspecified atom stereocenters. The Hall–Kier alpha value is -3.99. The van der Waals surface area contributed by atoms with Gasteiger partial charge in [0.2, 0.25) is 0 Å². The Kier molecular flexibility index (Phi) is 8.74. The number of methoxy groups -OCH3 is 2. The Morgan fingerprint density at radius 1 is 1.03 bits per heavy atom. The van der Waals surface area contributed by atoms with Crippen LogP contribution in [0.2, 0.25) is 0 Å². The summed E-state index contributed by atoms with van der Waals surface area (Å²) in [5.41, 5.74) is 1.08. The van der Waals surface area contributed by atoms with Gasteiger partial charge in [0.15, 0.2) is 18.1 Å². The first-order chi connectivity index (χ1) is 16.9. The summed E-state index contributed by atoms with van der Waals surface area (Å²) < 4.78 is 21.0. The number of ether oxygens (including phenoxy) is 4. The number of thioether (sulfide) groups is 1. The number of hydrogen-bond donors (Lipinski definition) is 1. The Bertz CT molecular complexity index is 1160. The average molecular weight is 501 g/mol. The van der Waals surface area contributed by atoms with Crippen LogP contribution in [0.25, 0.3) is 6.08 Å². The van der Waals surface area contributed by atoms with Crippen LogP contribution in [0, 0.1) is 0 Å². The molecule has 0 radical (unpaired) electrons. The molecule has 0 saturated carbocycles. The van der Waals surface area contributed by atoms with Crippen molar-refractivity contribution >= 4 is 46.5 Å². The van der Waals surface area contributed by atoms with Gasteiger partial charge in [0.1, 0.15) is 12.3 Å². The first-order valence-electron chi connectivity index (χ1n) is 10.5. The van der Waals surface area contributed by atoms with Crippen LogP contribution >= 0.6 is 11.8 Å². The first kappa shape index (κ1) is 25.6. The first-order valence-corrected chi connectivity index (χ1v) is 11.3. The van der Waals surface area contributed by atoms with Crippen molar-refractivity contribution in [3.8, 4) is 17.2 Å². The minimum atomic E-state index is -0.658. The zero-order valence-corrected chi connectivity index (χ0v) is 20.2. The monoisotopic (exact) mass is 500 g/mol. The van der Waals surface area contributed by atoms with E-state index in [0.717, 1.165) is 16.7 Å². The van der Waals surface area contributed by atoms with E-state index in [9.17, 15) is 19.2 Å². The normalized spacial score (nSPS) is 14.1. The summed E-state index contributed by atoms with van der Waals surface area (Å²) in [6.45, 7) is 1.07. The van der Waals surface area contributed by atoms with Gasteiger partial charge in [-0.3, -0.25) is 24.1 Å². The third-order valence-electron chi connectivity index (χ3n) is 4.69. The minimum absolute atomic E-state index is 0.154. The van der Waals surface area contributed by atoms with E-state index < -0.39 is 29.6 Å². The number of imide groups is 1. The van der Waals surface area contributed by atoms with Gasteiger partial charge >= 0.3 is 5.97 Å². The number of carbonyl (C=O) groups excluding carboxylic acids is 4. The van der Waals surface area contributed by atoms with Crippen LogP contribution in [-0.2, 0) is 19.1 Å². The number of nitrogens with one attached hydrogen (secondary N) is 1. The van der Waals surface area contributed by atoms with Gasteiger partial charge in [-0.15, -0.1) is 0 Å². The summed E-state index contributed by atoms with van der Waals surface area (Å²) in [7, 11) is 2.95. The Morgan fingerprint density at radius 3 is 2.49 bits per heavy atom. The van der Waals surface area contributed by atoms with Crippen LogP contribution in [-0.4, -0.2) is 61.9 Å². The van der Waals surface area contributed by atoms with Crippen molar-refractivity contribution in [2.45, 2.75) is 6.92 Å². The smallest absolute Gasteiger partial charge is 0.326 e. The number of carbonyl (C=O) groups is 4. The topological polar surface area (TPSA) is 120 Å². The highest BCUT2D eigenvalue weighted by Gasteiger charge is 2.36. The summed E-state index contributed by atoms with van der Waals surface area (Å²) >= 11 is 0.728. The molecule has 0 aliphatic carbocycles. The summed E-state index contributed by atoms with van der Waals surface area (Å²) in [5.74, 6) is -0.468. The van der Waals surface area contributed by atoms with Gasteiger partial charge in [-0.2, -0.15) is 0 Å². The maximum absolute atomic E-state index is 12.6. The lowest BCUT2D eigenvalue weighted by atomic mass is 10.2. The van der Waals surface area contributed by atoms with Crippen LogP contribution in [0.15, 0.2) is 47.4 Å². The molecule has 3 amide bonds. The fourth-order valence-corrected chi connectivity index (χ4v) is 3.93. The van der Waals surface area contributed by atoms with Gasteiger partial charge in [0.25, 0.3) is 17.1 Å². The van der Waals surface area contributed by atoms with Gasteiger partial charge < -0.3 is 24.3 Å². The number of hydrogen-bond acceptors (Lipinski definition) is 9. The van der Waals surface area contributed by atoms with Crippen molar-refractivity contribution < 1.29 is 38.1 Å². The van der Waals surface area contributed by atoms with E-state index >= 15 is 0 Å². The molecule has 0 atom stereocenters. The van der Waals surface area contributed by atoms with Crippen LogP contribution in [0.1, 0.15) is 12.5 Å². The van der Waals surface area contributed by atoms with Gasteiger partial charge in [0, 0.05) is 0 Å². The molecule has 1 saturated heterocycles. The number of anilines is 1. The second kappa shape index (κ2) is 11.9. The minimum Gasteiger partial charge on any atom is -0.495 e. The molecule has 11 heteroatoms. The second-order valence-electron chi connectivity index (χ2n) is 7.02. The highest BCUT2D eigenvalue weighted by molar-refractivity contribution is 8.18. The fraction of sp³-hybridized carbons (Fsp3) is 0.250. The number of nitrogens with zero attached hydrogens (tertiary/aromatic N) is 1. The lowest BCUT2D eigenvalue weighted by molar-refractivity contribution is -0.146. The molecule has 1 aliphatic heterocycles. The van der Waals surface area contributed by atoms with Crippen LogP contribution < -0.4 is 19.5 Å². The van der Waals surface area contributed by atoms with E-state index in [1.165, 1.54) is 20.3 Å². The van der Waals surface area contributed by atoms with Crippen LogP contribution in [0.3, 0.4) is 0 Å². The molecule has 0 bridgehead atoms.